The van der Waals surface area contributed by atoms with Crippen LogP contribution in [-0.4, -0.2) is 20.4 Å². The summed E-state index contributed by atoms with van der Waals surface area (Å²) in [6, 6.07) is 0. The lowest BCUT2D eigenvalue weighted by atomic mass is 10.2. The Kier molecular flexibility index (Phi) is 8.46. The highest BCUT2D eigenvalue weighted by molar-refractivity contribution is 9.10. The van der Waals surface area contributed by atoms with E-state index < -0.39 is 0 Å². The zero-order chi connectivity index (χ0) is 8.85. The molecule has 0 fully saturated rings. The molecular formula is C6H9Br2Cl3. The smallest absolute Gasteiger partial charge is 0.0900 e. The van der Waals surface area contributed by atoms with Crippen molar-refractivity contribution >= 4 is 66.7 Å². The predicted octanol–water partition coefficient (Wildman–Crippen LogP) is 4.34. The zero-order valence-corrected chi connectivity index (χ0v) is 11.2. The largest absolute Gasteiger partial charge is 0.123 e. The summed E-state index contributed by atoms with van der Waals surface area (Å²) in [7, 11) is 0. The van der Waals surface area contributed by atoms with Crippen molar-refractivity contribution < 1.29 is 0 Å². The van der Waals surface area contributed by atoms with Crippen LogP contribution < -0.4 is 0 Å². The molecule has 0 aliphatic heterocycles. The molecule has 0 heterocycles. The molecule has 0 saturated carbocycles. The Bertz CT molecular complexity index is 99.8. The van der Waals surface area contributed by atoms with Crippen molar-refractivity contribution in [2.45, 2.75) is 27.9 Å². The summed E-state index contributed by atoms with van der Waals surface area (Å²) in [6.07, 6.45) is 1.52. The van der Waals surface area contributed by atoms with Crippen LogP contribution in [0.2, 0.25) is 0 Å². The van der Waals surface area contributed by atoms with Crippen LogP contribution in [-0.2, 0) is 0 Å². The van der Waals surface area contributed by atoms with Crippen LogP contribution in [0.1, 0.15) is 12.8 Å². The van der Waals surface area contributed by atoms with Crippen LogP contribution in [0.15, 0.2) is 0 Å². The topological polar surface area (TPSA) is 0 Å². The number of alkyl halides is 5. The van der Waals surface area contributed by atoms with Gasteiger partial charge in [0.15, 0.2) is 0 Å². The highest BCUT2D eigenvalue weighted by Gasteiger charge is 2.13. The minimum Gasteiger partial charge on any atom is -0.123 e. The molecule has 0 amide bonds. The summed E-state index contributed by atoms with van der Waals surface area (Å²) in [5.74, 6) is 0. The van der Waals surface area contributed by atoms with Gasteiger partial charge in [-0.1, -0.05) is 31.9 Å². The van der Waals surface area contributed by atoms with E-state index in [1.807, 2.05) is 0 Å². The first kappa shape index (κ1) is 12.8. The second-order valence-corrected chi connectivity index (χ2v) is 6.25. The molecule has 0 saturated heterocycles. The SMILES string of the molecule is ClC(Br)CC(Cl)CC(Cl)CBr. The van der Waals surface area contributed by atoms with Crippen molar-refractivity contribution in [3.8, 4) is 0 Å². The number of hydrogen-bond donors (Lipinski definition) is 0. The minimum atomic E-state index is -0.0517. The Morgan fingerprint density at radius 3 is 1.91 bits per heavy atom. The van der Waals surface area contributed by atoms with Gasteiger partial charge in [-0.2, -0.15) is 0 Å². The van der Waals surface area contributed by atoms with Gasteiger partial charge in [0.2, 0.25) is 0 Å². The lowest BCUT2D eigenvalue weighted by Crippen LogP contribution is -2.11. The summed E-state index contributed by atoms with van der Waals surface area (Å²) in [5.41, 5.74) is 0. The van der Waals surface area contributed by atoms with Gasteiger partial charge >= 0.3 is 0 Å². The quantitative estimate of drug-likeness (QED) is 0.649. The van der Waals surface area contributed by atoms with Crippen molar-refractivity contribution in [3.05, 3.63) is 0 Å². The first-order valence-electron chi connectivity index (χ1n) is 3.18. The normalized spacial score (nSPS) is 19.4. The summed E-state index contributed by atoms with van der Waals surface area (Å²) in [4.78, 5) is 0. The first-order chi connectivity index (χ1) is 5.06. The molecule has 68 valence electrons. The molecule has 0 aliphatic carbocycles. The third-order valence-corrected chi connectivity index (χ3v) is 3.51. The maximum absolute atomic E-state index is 5.93. The molecular weight excluding hydrogens is 338 g/mol. The second-order valence-electron chi connectivity index (χ2n) is 2.21. The Balaban J connectivity index is 3.43. The molecule has 11 heavy (non-hydrogen) atoms. The summed E-state index contributed by atoms with van der Waals surface area (Å²) >= 11 is 23.9. The molecule has 0 radical (unpaired) electrons. The molecule has 5 heteroatoms. The lowest BCUT2D eigenvalue weighted by Gasteiger charge is -2.11. The van der Waals surface area contributed by atoms with Crippen LogP contribution in [0.25, 0.3) is 0 Å². The Labute approximate surface area is 99.2 Å². The molecule has 0 aliphatic rings. The van der Waals surface area contributed by atoms with Gasteiger partial charge in [-0.25, -0.2) is 0 Å². The molecule has 3 unspecified atom stereocenters. The third kappa shape index (κ3) is 8.17. The monoisotopic (exact) mass is 344 g/mol. The second kappa shape index (κ2) is 7.25. The first-order valence-corrected chi connectivity index (χ1v) is 6.53. The highest BCUT2D eigenvalue weighted by Crippen LogP contribution is 2.22. The van der Waals surface area contributed by atoms with Crippen LogP contribution in [0.4, 0.5) is 0 Å². The van der Waals surface area contributed by atoms with E-state index >= 15 is 0 Å². The van der Waals surface area contributed by atoms with Crippen molar-refractivity contribution in [1.82, 2.24) is 0 Å². The van der Waals surface area contributed by atoms with Gasteiger partial charge in [0.25, 0.3) is 0 Å². The Hall–Kier alpha value is 1.83. The zero-order valence-electron chi connectivity index (χ0n) is 5.74. The van der Waals surface area contributed by atoms with E-state index in [0.717, 1.165) is 18.2 Å². The van der Waals surface area contributed by atoms with Gasteiger partial charge in [-0.15, -0.1) is 34.8 Å². The fraction of sp³-hybridized carbons (Fsp3) is 1.00. The molecule has 0 nitrogen and oxygen atoms in total. The molecule has 3 atom stereocenters. The molecule has 0 spiro atoms. The van der Waals surface area contributed by atoms with Crippen LogP contribution >= 0.6 is 66.7 Å². The standard InChI is InChI=1S/C6H9Br2Cl3/c7-3-5(10)1-4(9)2-6(8)11/h4-6H,1-3H2. The van der Waals surface area contributed by atoms with Gasteiger partial charge in [-0.3, -0.25) is 0 Å². The van der Waals surface area contributed by atoms with Gasteiger partial charge in [0, 0.05) is 16.1 Å². The van der Waals surface area contributed by atoms with Gasteiger partial charge < -0.3 is 0 Å². The van der Waals surface area contributed by atoms with E-state index in [-0.39, 0.29) is 15.0 Å². The summed E-state index contributed by atoms with van der Waals surface area (Å²) in [6.45, 7) is 0. The van der Waals surface area contributed by atoms with Crippen LogP contribution in [0, 0.1) is 0 Å². The van der Waals surface area contributed by atoms with E-state index in [9.17, 15) is 0 Å². The van der Waals surface area contributed by atoms with E-state index in [0.29, 0.717) is 0 Å². The maximum Gasteiger partial charge on any atom is 0.0900 e. The van der Waals surface area contributed by atoms with Crippen LogP contribution in [0.5, 0.6) is 0 Å². The summed E-state index contributed by atoms with van der Waals surface area (Å²) in [5, 5.41) is 0.921. The van der Waals surface area contributed by atoms with Gasteiger partial charge in [0.05, 0.1) is 4.29 Å². The average molecular weight is 347 g/mol. The molecule has 0 rings (SSSR count). The molecule has 0 aromatic rings. The van der Waals surface area contributed by atoms with E-state index in [4.69, 9.17) is 34.8 Å². The van der Waals surface area contributed by atoms with E-state index in [2.05, 4.69) is 31.9 Å². The molecule has 0 bridgehead atoms. The van der Waals surface area contributed by atoms with Crippen molar-refractivity contribution in [2.75, 3.05) is 5.33 Å². The Morgan fingerprint density at radius 1 is 1.00 bits per heavy atom. The highest BCUT2D eigenvalue weighted by atomic mass is 79.9. The van der Waals surface area contributed by atoms with E-state index in [1.54, 1.807) is 0 Å². The van der Waals surface area contributed by atoms with E-state index in [1.165, 1.54) is 0 Å². The van der Waals surface area contributed by atoms with Crippen molar-refractivity contribution in [1.29, 1.82) is 0 Å². The summed E-state index contributed by atoms with van der Waals surface area (Å²) < 4.78 is -0.0517. The Morgan fingerprint density at radius 2 is 1.55 bits per heavy atom. The molecule has 0 aromatic carbocycles. The predicted molar refractivity (Wildman–Crippen MR) is 60.9 cm³/mol. The maximum atomic E-state index is 5.93. The molecule has 0 aromatic heterocycles. The van der Waals surface area contributed by atoms with Gasteiger partial charge in [0.1, 0.15) is 0 Å². The van der Waals surface area contributed by atoms with Crippen molar-refractivity contribution in [2.24, 2.45) is 0 Å². The third-order valence-electron chi connectivity index (χ3n) is 1.11. The minimum absolute atomic E-state index is 0.0517. The number of rotatable bonds is 5. The fourth-order valence-electron chi connectivity index (χ4n) is 0.630. The molecule has 0 N–H and O–H groups in total. The lowest BCUT2D eigenvalue weighted by molar-refractivity contribution is 0.718. The van der Waals surface area contributed by atoms with Gasteiger partial charge in [-0.05, 0) is 12.8 Å². The number of halogens is 5. The van der Waals surface area contributed by atoms with Crippen molar-refractivity contribution in [3.63, 3.8) is 0 Å². The number of hydrogen-bond acceptors (Lipinski definition) is 0. The fourth-order valence-corrected chi connectivity index (χ4v) is 2.57. The average Bonchev–Trinajstić information content (AvgIpc) is 1.85. The van der Waals surface area contributed by atoms with Crippen LogP contribution in [0.3, 0.4) is 0 Å².